The number of ether oxygens (including phenoxy) is 1. The summed E-state index contributed by atoms with van der Waals surface area (Å²) in [5.74, 6) is 0.929. The largest absolute Gasteiger partial charge is 0.497 e. The number of rotatable bonds is 3. The molecule has 0 heterocycles. The number of methoxy groups -OCH3 is 1. The lowest BCUT2D eigenvalue weighted by Crippen LogP contribution is -1.98. The van der Waals surface area contributed by atoms with Gasteiger partial charge in [-0.15, -0.1) is 0 Å². The SMILES string of the molecule is COc1ccc(C(=O)CI)cc1. The number of Topliss-reactive ketones (excluding diaryl/α,β-unsaturated/α-hetero) is 1. The second kappa shape index (κ2) is 4.45. The van der Waals surface area contributed by atoms with Crippen LogP contribution in [0.2, 0.25) is 0 Å². The molecule has 0 unspecified atom stereocenters. The Morgan fingerprint density at radius 2 is 2.00 bits per heavy atom. The van der Waals surface area contributed by atoms with Crippen LogP contribution < -0.4 is 4.74 Å². The summed E-state index contributed by atoms with van der Waals surface area (Å²) >= 11 is 2.05. The quantitative estimate of drug-likeness (QED) is 0.481. The lowest BCUT2D eigenvalue weighted by atomic mass is 10.1. The number of ketones is 1. The van der Waals surface area contributed by atoms with Gasteiger partial charge in [0.2, 0.25) is 0 Å². The van der Waals surface area contributed by atoms with Gasteiger partial charge in [-0.1, -0.05) is 22.6 Å². The summed E-state index contributed by atoms with van der Waals surface area (Å²) in [7, 11) is 1.61. The normalized spacial score (nSPS) is 9.50. The Kier molecular flexibility index (Phi) is 3.52. The van der Waals surface area contributed by atoms with Gasteiger partial charge in [-0.3, -0.25) is 4.79 Å². The monoisotopic (exact) mass is 276 g/mol. The van der Waals surface area contributed by atoms with Crippen molar-refractivity contribution in [3.8, 4) is 5.75 Å². The van der Waals surface area contributed by atoms with Gasteiger partial charge in [-0.05, 0) is 24.3 Å². The molecule has 1 aromatic carbocycles. The van der Waals surface area contributed by atoms with Gasteiger partial charge >= 0.3 is 0 Å². The molecule has 0 spiro atoms. The molecule has 0 aromatic heterocycles. The minimum Gasteiger partial charge on any atom is -0.497 e. The van der Waals surface area contributed by atoms with Gasteiger partial charge in [0.15, 0.2) is 5.78 Å². The zero-order valence-corrected chi connectivity index (χ0v) is 8.87. The molecule has 1 rings (SSSR count). The van der Waals surface area contributed by atoms with Gasteiger partial charge in [0.1, 0.15) is 5.75 Å². The predicted octanol–water partition coefficient (Wildman–Crippen LogP) is 2.31. The predicted molar refractivity (Wildman–Crippen MR) is 56.2 cm³/mol. The number of alkyl halides is 1. The summed E-state index contributed by atoms with van der Waals surface area (Å²) in [5, 5.41) is 0. The molecule has 0 atom stereocenters. The first-order valence-corrected chi connectivity index (χ1v) is 5.03. The van der Waals surface area contributed by atoms with Crippen LogP contribution in [-0.4, -0.2) is 17.3 Å². The Bertz CT molecular complexity index is 266. The van der Waals surface area contributed by atoms with E-state index < -0.39 is 0 Å². The Morgan fingerprint density at radius 3 is 2.42 bits per heavy atom. The number of hydrogen-bond acceptors (Lipinski definition) is 2. The van der Waals surface area contributed by atoms with Crippen molar-refractivity contribution >= 4 is 28.4 Å². The fraction of sp³-hybridized carbons (Fsp3) is 0.222. The van der Waals surface area contributed by atoms with E-state index in [1.807, 2.05) is 0 Å². The van der Waals surface area contributed by atoms with Crippen molar-refractivity contribution in [3.05, 3.63) is 29.8 Å². The maximum atomic E-state index is 11.2. The maximum absolute atomic E-state index is 11.2. The molecule has 0 amide bonds. The summed E-state index contributed by atoms with van der Waals surface area (Å²) in [4.78, 5) is 11.2. The van der Waals surface area contributed by atoms with Crippen LogP contribution in [0.4, 0.5) is 0 Å². The fourth-order valence-corrected chi connectivity index (χ4v) is 1.29. The number of hydrogen-bond donors (Lipinski definition) is 0. The van der Waals surface area contributed by atoms with Gasteiger partial charge in [0.25, 0.3) is 0 Å². The molecular formula is C9H9IO2. The second-order valence-electron chi connectivity index (χ2n) is 2.29. The third kappa shape index (κ3) is 2.20. The number of benzene rings is 1. The molecule has 0 aliphatic heterocycles. The Balaban J connectivity index is 2.84. The van der Waals surface area contributed by atoms with Crippen molar-refractivity contribution in [1.29, 1.82) is 0 Å². The lowest BCUT2D eigenvalue weighted by molar-refractivity contribution is 0.102. The van der Waals surface area contributed by atoms with E-state index in [1.165, 1.54) is 0 Å². The summed E-state index contributed by atoms with van der Waals surface area (Å²) < 4.78 is 5.49. The van der Waals surface area contributed by atoms with Crippen LogP contribution in [0, 0.1) is 0 Å². The zero-order valence-electron chi connectivity index (χ0n) is 6.71. The Labute approximate surface area is 85.1 Å². The van der Waals surface area contributed by atoms with Crippen LogP contribution in [0.3, 0.4) is 0 Å². The Morgan fingerprint density at radius 1 is 1.42 bits per heavy atom. The average Bonchev–Trinajstić information content (AvgIpc) is 2.17. The molecule has 0 radical (unpaired) electrons. The van der Waals surface area contributed by atoms with Crippen molar-refractivity contribution < 1.29 is 9.53 Å². The highest BCUT2D eigenvalue weighted by molar-refractivity contribution is 14.1. The second-order valence-corrected chi connectivity index (χ2v) is 3.05. The van der Waals surface area contributed by atoms with Crippen LogP contribution in [0.25, 0.3) is 0 Å². The van der Waals surface area contributed by atoms with Crippen molar-refractivity contribution in [2.75, 3.05) is 11.5 Å². The topological polar surface area (TPSA) is 26.3 Å². The molecule has 0 fully saturated rings. The van der Waals surface area contributed by atoms with Gasteiger partial charge in [-0.25, -0.2) is 0 Å². The number of carbonyl (C=O) groups is 1. The van der Waals surface area contributed by atoms with Gasteiger partial charge in [0.05, 0.1) is 11.5 Å². The minimum atomic E-state index is 0.151. The van der Waals surface area contributed by atoms with E-state index in [4.69, 9.17) is 4.74 Å². The molecule has 0 bridgehead atoms. The molecule has 0 saturated carbocycles. The molecule has 2 nitrogen and oxygen atoms in total. The molecule has 0 N–H and O–H groups in total. The lowest BCUT2D eigenvalue weighted by Gasteiger charge is -1.99. The minimum absolute atomic E-state index is 0.151. The first kappa shape index (κ1) is 9.51. The molecule has 0 saturated heterocycles. The highest BCUT2D eigenvalue weighted by Crippen LogP contribution is 2.12. The first-order chi connectivity index (χ1) is 5.77. The van der Waals surface area contributed by atoms with Crippen LogP contribution in [0.1, 0.15) is 10.4 Å². The summed E-state index contributed by atoms with van der Waals surface area (Å²) in [6.07, 6.45) is 0. The molecule has 12 heavy (non-hydrogen) atoms. The van der Waals surface area contributed by atoms with Crippen LogP contribution >= 0.6 is 22.6 Å². The van der Waals surface area contributed by atoms with E-state index in [0.29, 0.717) is 4.43 Å². The van der Waals surface area contributed by atoms with E-state index in [-0.39, 0.29) is 5.78 Å². The number of halogens is 1. The summed E-state index contributed by atoms with van der Waals surface area (Å²) in [6.45, 7) is 0. The smallest absolute Gasteiger partial charge is 0.172 e. The van der Waals surface area contributed by atoms with Gasteiger partial charge < -0.3 is 4.74 Å². The first-order valence-electron chi connectivity index (χ1n) is 3.51. The van der Waals surface area contributed by atoms with Crippen molar-refractivity contribution in [3.63, 3.8) is 0 Å². The molecule has 64 valence electrons. The van der Waals surface area contributed by atoms with E-state index in [9.17, 15) is 4.79 Å². The molecule has 3 heteroatoms. The summed E-state index contributed by atoms with van der Waals surface area (Å²) in [5.41, 5.74) is 0.741. The van der Waals surface area contributed by atoms with Crippen molar-refractivity contribution in [2.45, 2.75) is 0 Å². The Hall–Kier alpha value is -0.580. The summed E-state index contributed by atoms with van der Waals surface area (Å²) in [6, 6.07) is 7.14. The van der Waals surface area contributed by atoms with Crippen molar-refractivity contribution in [2.24, 2.45) is 0 Å². The third-order valence-electron chi connectivity index (χ3n) is 1.53. The van der Waals surface area contributed by atoms with Gasteiger partial charge in [-0.2, -0.15) is 0 Å². The maximum Gasteiger partial charge on any atom is 0.172 e. The van der Waals surface area contributed by atoms with Gasteiger partial charge in [0, 0.05) is 5.56 Å². The van der Waals surface area contributed by atoms with Crippen LogP contribution in [0.15, 0.2) is 24.3 Å². The average molecular weight is 276 g/mol. The molecule has 0 aliphatic rings. The van der Waals surface area contributed by atoms with Crippen LogP contribution in [-0.2, 0) is 0 Å². The highest BCUT2D eigenvalue weighted by Gasteiger charge is 2.02. The molecule has 1 aromatic rings. The fourth-order valence-electron chi connectivity index (χ4n) is 0.854. The van der Waals surface area contributed by atoms with Crippen LogP contribution in [0.5, 0.6) is 5.75 Å². The van der Waals surface area contributed by atoms with E-state index >= 15 is 0 Å². The number of carbonyl (C=O) groups excluding carboxylic acids is 1. The van der Waals surface area contributed by atoms with E-state index in [1.54, 1.807) is 31.4 Å². The van der Waals surface area contributed by atoms with E-state index in [0.717, 1.165) is 11.3 Å². The zero-order chi connectivity index (χ0) is 8.97. The third-order valence-corrected chi connectivity index (χ3v) is 2.23. The highest BCUT2D eigenvalue weighted by atomic mass is 127. The standard InChI is InChI=1S/C9H9IO2/c1-12-8-4-2-7(3-5-8)9(11)6-10/h2-5H,6H2,1H3. The molecule has 0 aliphatic carbocycles. The van der Waals surface area contributed by atoms with Crippen molar-refractivity contribution in [1.82, 2.24) is 0 Å². The molecular weight excluding hydrogens is 267 g/mol. The van der Waals surface area contributed by atoms with E-state index in [2.05, 4.69) is 22.6 Å².